The minimum Gasteiger partial charge on any atom is -0.451 e. The van der Waals surface area contributed by atoms with Crippen molar-refractivity contribution in [2.45, 2.75) is 97.5 Å². The van der Waals surface area contributed by atoms with Crippen molar-refractivity contribution in [3.8, 4) is 0 Å². The molecule has 4 aliphatic rings. The fourth-order valence-corrected chi connectivity index (χ4v) is 9.15. The molecule has 0 saturated heterocycles. The van der Waals surface area contributed by atoms with E-state index in [1.807, 2.05) is 6.26 Å². The van der Waals surface area contributed by atoms with Crippen molar-refractivity contribution in [2.24, 2.45) is 46.3 Å². The third-order valence-electron chi connectivity index (χ3n) is 10.7. The van der Waals surface area contributed by atoms with Gasteiger partial charge in [0.15, 0.2) is 6.39 Å². The molecule has 1 aromatic rings. The molecule has 29 heavy (non-hydrogen) atoms. The van der Waals surface area contributed by atoms with E-state index in [1.54, 1.807) is 6.39 Å². The van der Waals surface area contributed by atoms with E-state index in [9.17, 15) is 5.11 Å². The molecule has 162 valence electrons. The Morgan fingerprint density at radius 1 is 1.07 bits per heavy atom. The van der Waals surface area contributed by atoms with E-state index in [2.05, 4.69) is 25.8 Å². The number of fused-ring (bicyclic) bond motifs is 5. The quantitative estimate of drug-likeness (QED) is 0.649. The molecule has 4 fully saturated rings. The van der Waals surface area contributed by atoms with E-state index < -0.39 is 0 Å². The third kappa shape index (κ3) is 3.22. The predicted molar refractivity (Wildman–Crippen MR) is 115 cm³/mol. The zero-order valence-electron chi connectivity index (χ0n) is 18.8. The second kappa shape index (κ2) is 7.39. The number of rotatable bonds is 4. The second-order valence-corrected chi connectivity index (χ2v) is 11.8. The SMILES string of the molecule is CC(CCc1cocn1)C1CCC2C3CCC4CC(O)CCC4(C)C3CCC12C. The van der Waals surface area contributed by atoms with Gasteiger partial charge in [0.2, 0.25) is 0 Å². The molecular formula is C26H41NO2. The maximum Gasteiger partial charge on any atom is 0.180 e. The maximum absolute atomic E-state index is 10.3. The summed E-state index contributed by atoms with van der Waals surface area (Å²) in [5.41, 5.74) is 2.16. The Labute approximate surface area is 177 Å². The average molecular weight is 400 g/mol. The van der Waals surface area contributed by atoms with Crippen LogP contribution in [-0.4, -0.2) is 16.2 Å². The lowest BCUT2D eigenvalue weighted by atomic mass is 9.44. The van der Waals surface area contributed by atoms with Crippen molar-refractivity contribution >= 4 is 0 Å². The number of hydrogen-bond donors (Lipinski definition) is 1. The van der Waals surface area contributed by atoms with Gasteiger partial charge in [-0.3, -0.25) is 0 Å². The lowest BCUT2D eigenvalue weighted by molar-refractivity contribution is -0.129. The summed E-state index contributed by atoms with van der Waals surface area (Å²) >= 11 is 0. The predicted octanol–water partition coefficient (Wildman–Crippen LogP) is 6.26. The van der Waals surface area contributed by atoms with Gasteiger partial charge < -0.3 is 9.52 Å². The molecule has 5 rings (SSSR count). The maximum atomic E-state index is 10.3. The van der Waals surface area contributed by atoms with Crippen molar-refractivity contribution in [3.63, 3.8) is 0 Å². The number of aromatic nitrogens is 1. The molecule has 1 aromatic heterocycles. The van der Waals surface area contributed by atoms with Crippen LogP contribution in [-0.2, 0) is 6.42 Å². The van der Waals surface area contributed by atoms with Crippen LogP contribution in [0.1, 0.15) is 90.7 Å². The molecule has 0 aromatic carbocycles. The summed E-state index contributed by atoms with van der Waals surface area (Å²) in [4.78, 5) is 4.33. The zero-order valence-corrected chi connectivity index (χ0v) is 18.8. The smallest absolute Gasteiger partial charge is 0.180 e. The number of aliphatic hydroxyl groups is 1. The molecule has 0 radical (unpaired) electrons. The van der Waals surface area contributed by atoms with Gasteiger partial charge in [0.25, 0.3) is 0 Å². The first kappa shape index (κ1) is 20.1. The topological polar surface area (TPSA) is 46.3 Å². The summed E-state index contributed by atoms with van der Waals surface area (Å²) < 4.78 is 5.17. The van der Waals surface area contributed by atoms with Gasteiger partial charge in [-0.1, -0.05) is 20.8 Å². The number of hydrogen-bond acceptors (Lipinski definition) is 3. The van der Waals surface area contributed by atoms with E-state index in [0.29, 0.717) is 10.8 Å². The molecule has 0 amide bonds. The standard InChI is InChI=1S/C26H41NO2/c1-17(4-6-19-15-29-16-27-19)22-8-9-23-21-7-5-18-14-20(28)10-12-25(18,2)24(21)11-13-26(22,23)3/h15-18,20-24,28H,4-14H2,1-3H3. The van der Waals surface area contributed by atoms with Crippen molar-refractivity contribution in [1.29, 1.82) is 0 Å². The number of aryl methyl sites for hydroxylation is 1. The summed E-state index contributed by atoms with van der Waals surface area (Å²) in [7, 11) is 0. The van der Waals surface area contributed by atoms with Gasteiger partial charge >= 0.3 is 0 Å². The molecule has 3 heteroatoms. The van der Waals surface area contributed by atoms with Crippen LogP contribution >= 0.6 is 0 Å². The highest BCUT2D eigenvalue weighted by Gasteiger charge is 2.60. The van der Waals surface area contributed by atoms with Crippen molar-refractivity contribution in [2.75, 3.05) is 0 Å². The van der Waals surface area contributed by atoms with E-state index in [-0.39, 0.29) is 6.10 Å². The Bertz CT molecular complexity index is 702. The number of nitrogens with zero attached hydrogens (tertiary/aromatic N) is 1. The lowest BCUT2D eigenvalue weighted by Gasteiger charge is -2.61. The first-order valence-electron chi connectivity index (χ1n) is 12.5. The lowest BCUT2D eigenvalue weighted by Crippen LogP contribution is -2.54. The molecule has 9 unspecified atom stereocenters. The van der Waals surface area contributed by atoms with Crippen molar-refractivity contribution in [3.05, 3.63) is 18.4 Å². The van der Waals surface area contributed by atoms with Crippen molar-refractivity contribution in [1.82, 2.24) is 4.98 Å². The average Bonchev–Trinajstić information content (AvgIpc) is 3.34. The van der Waals surface area contributed by atoms with E-state index >= 15 is 0 Å². The Balaban J connectivity index is 1.30. The fraction of sp³-hybridized carbons (Fsp3) is 0.885. The van der Waals surface area contributed by atoms with Crippen LogP contribution in [0, 0.1) is 46.3 Å². The summed E-state index contributed by atoms with van der Waals surface area (Å²) in [6, 6.07) is 0. The van der Waals surface area contributed by atoms with E-state index in [4.69, 9.17) is 4.42 Å². The Morgan fingerprint density at radius 3 is 2.66 bits per heavy atom. The molecule has 4 saturated carbocycles. The minimum atomic E-state index is -0.0279. The van der Waals surface area contributed by atoms with Crippen LogP contribution in [0.15, 0.2) is 17.1 Å². The van der Waals surface area contributed by atoms with E-state index in [0.717, 1.165) is 60.5 Å². The summed E-state index contributed by atoms with van der Waals surface area (Å²) in [6.07, 6.45) is 17.6. The summed E-state index contributed by atoms with van der Waals surface area (Å²) in [5.74, 6) is 5.21. The van der Waals surface area contributed by atoms with Crippen LogP contribution in [0.25, 0.3) is 0 Å². The normalized spacial score (nSPS) is 47.9. The monoisotopic (exact) mass is 399 g/mol. The Morgan fingerprint density at radius 2 is 1.86 bits per heavy atom. The van der Waals surface area contributed by atoms with Crippen LogP contribution in [0.5, 0.6) is 0 Å². The van der Waals surface area contributed by atoms with Gasteiger partial charge in [-0.25, -0.2) is 4.98 Å². The highest BCUT2D eigenvalue weighted by Crippen LogP contribution is 2.68. The zero-order chi connectivity index (χ0) is 20.2. The van der Waals surface area contributed by atoms with Gasteiger partial charge in [0, 0.05) is 0 Å². The fourth-order valence-electron chi connectivity index (χ4n) is 9.15. The number of aliphatic hydroxyl groups excluding tert-OH is 1. The van der Waals surface area contributed by atoms with Crippen LogP contribution in [0.2, 0.25) is 0 Å². The van der Waals surface area contributed by atoms with Crippen molar-refractivity contribution < 1.29 is 9.52 Å². The number of oxazole rings is 1. The molecule has 3 nitrogen and oxygen atoms in total. The van der Waals surface area contributed by atoms with Crippen LogP contribution in [0.4, 0.5) is 0 Å². The van der Waals surface area contributed by atoms with Gasteiger partial charge in [0.1, 0.15) is 6.26 Å². The largest absolute Gasteiger partial charge is 0.451 e. The Hall–Kier alpha value is -0.830. The highest BCUT2D eigenvalue weighted by molar-refractivity contribution is 5.10. The summed E-state index contributed by atoms with van der Waals surface area (Å²) in [5, 5.41) is 10.3. The molecule has 1 N–H and O–H groups in total. The van der Waals surface area contributed by atoms with Gasteiger partial charge in [-0.2, -0.15) is 0 Å². The highest BCUT2D eigenvalue weighted by atomic mass is 16.3. The van der Waals surface area contributed by atoms with Gasteiger partial charge in [-0.05, 0) is 117 Å². The molecule has 0 spiro atoms. The first-order chi connectivity index (χ1) is 13.9. The Kier molecular flexibility index (Phi) is 5.12. The van der Waals surface area contributed by atoms with Gasteiger partial charge in [-0.15, -0.1) is 0 Å². The summed E-state index contributed by atoms with van der Waals surface area (Å²) in [6.45, 7) is 7.78. The molecule has 1 heterocycles. The second-order valence-electron chi connectivity index (χ2n) is 11.8. The molecular weight excluding hydrogens is 358 g/mol. The van der Waals surface area contributed by atoms with Crippen LogP contribution in [0.3, 0.4) is 0 Å². The van der Waals surface area contributed by atoms with Crippen LogP contribution < -0.4 is 0 Å². The first-order valence-corrected chi connectivity index (χ1v) is 12.5. The molecule has 0 bridgehead atoms. The molecule has 0 aliphatic heterocycles. The third-order valence-corrected chi connectivity index (χ3v) is 10.7. The minimum absolute atomic E-state index is 0.0279. The van der Waals surface area contributed by atoms with Gasteiger partial charge in [0.05, 0.1) is 11.8 Å². The van der Waals surface area contributed by atoms with E-state index in [1.165, 1.54) is 51.4 Å². The molecule has 9 atom stereocenters. The molecule has 4 aliphatic carbocycles.